The molecule has 1 aromatic carbocycles. The lowest BCUT2D eigenvalue weighted by atomic mass is 10.00. The molecule has 31 heavy (non-hydrogen) atoms. The van der Waals surface area contributed by atoms with Crippen molar-refractivity contribution in [2.75, 3.05) is 39.8 Å². The van der Waals surface area contributed by atoms with E-state index in [1.165, 1.54) is 18.4 Å². The molecule has 6 nitrogen and oxygen atoms in total. The molecule has 0 bridgehead atoms. The summed E-state index contributed by atoms with van der Waals surface area (Å²) >= 11 is 1.59. The zero-order valence-electron chi connectivity index (χ0n) is 18.6. The van der Waals surface area contributed by atoms with Gasteiger partial charge in [0.2, 0.25) is 0 Å². The predicted molar refractivity (Wildman–Crippen MR) is 140 cm³/mol. The summed E-state index contributed by atoms with van der Waals surface area (Å²) in [6.45, 7) is 7.90. The van der Waals surface area contributed by atoms with Crippen LogP contribution in [0.1, 0.15) is 43.9 Å². The zero-order chi connectivity index (χ0) is 21.4. The number of ether oxygens (including phenoxy) is 1. The van der Waals surface area contributed by atoms with Gasteiger partial charge >= 0.3 is 0 Å². The van der Waals surface area contributed by atoms with Crippen LogP contribution in [0.5, 0.6) is 5.75 Å². The second-order valence-corrected chi connectivity index (χ2v) is 8.67. The second-order valence-electron chi connectivity index (χ2n) is 7.89. The van der Waals surface area contributed by atoms with Gasteiger partial charge in [-0.2, -0.15) is 11.3 Å². The molecule has 2 aromatic rings. The molecule has 2 unspecified atom stereocenters. The van der Waals surface area contributed by atoms with Gasteiger partial charge in [-0.05, 0) is 79.9 Å². The molecule has 0 radical (unpaired) electrons. The standard InChI is InChI=1S/C23H34N4O2S.HI/c1-4-24-22(26-17-23(2,28)19-11-14-30-16-19)25-15-21(27-12-5-6-13-27)18-7-9-20(29-3)10-8-18;/h7-11,14,16,21,28H,4-6,12-13,15,17H2,1-3H3,(H2,24,25,26);1H. The third-order valence-corrected chi connectivity index (χ3v) is 6.26. The van der Waals surface area contributed by atoms with Gasteiger partial charge in [0.1, 0.15) is 11.4 Å². The van der Waals surface area contributed by atoms with Gasteiger partial charge in [-0.1, -0.05) is 12.1 Å². The molecule has 0 saturated carbocycles. The summed E-state index contributed by atoms with van der Waals surface area (Å²) in [5, 5.41) is 21.6. The first-order valence-electron chi connectivity index (χ1n) is 10.7. The monoisotopic (exact) mass is 558 g/mol. The second kappa shape index (κ2) is 12.6. The summed E-state index contributed by atoms with van der Waals surface area (Å²) in [6, 6.07) is 10.6. The third-order valence-electron chi connectivity index (χ3n) is 5.58. The van der Waals surface area contributed by atoms with Crippen LogP contribution in [0.15, 0.2) is 46.1 Å². The number of halogens is 1. The highest BCUT2D eigenvalue weighted by molar-refractivity contribution is 14.0. The van der Waals surface area contributed by atoms with Crippen LogP contribution in [-0.4, -0.2) is 55.8 Å². The highest BCUT2D eigenvalue weighted by atomic mass is 127. The fourth-order valence-corrected chi connectivity index (χ4v) is 4.55. The highest BCUT2D eigenvalue weighted by Crippen LogP contribution is 2.26. The van der Waals surface area contributed by atoms with E-state index in [0.717, 1.165) is 43.5 Å². The summed E-state index contributed by atoms with van der Waals surface area (Å²) in [4.78, 5) is 7.20. The van der Waals surface area contributed by atoms with Gasteiger partial charge in [-0.15, -0.1) is 24.0 Å². The number of guanidine groups is 1. The highest BCUT2D eigenvalue weighted by Gasteiger charge is 2.25. The molecule has 0 aliphatic carbocycles. The number of nitrogens with zero attached hydrogens (tertiary/aromatic N) is 2. The number of methoxy groups -OCH3 is 1. The Labute approximate surface area is 207 Å². The van der Waals surface area contributed by atoms with Crippen LogP contribution in [0.3, 0.4) is 0 Å². The number of benzene rings is 1. The third kappa shape index (κ3) is 7.34. The lowest BCUT2D eigenvalue weighted by molar-refractivity contribution is 0.0677. The average molecular weight is 559 g/mol. The van der Waals surface area contributed by atoms with Crippen LogP contribution in [0, 0.1) is 0 Å². The summed E-state index contributed by atoms with van der Waals surface area (Å²) in [5.74, 6) is 1.60. The Morgan fingerprint density at radius 3 is 2.52 bits per heavy atom. The van der Waals surface area contributed by atoms with Crippen LogP contribution in [0.2, 0.25) is 0 Å². The number of thiophene rings is 1. The van der Waals surface area contributed by atoms with E-state index >= 15 is 0 Å². The summed E-state index contributed by atoms with van der Waals surface area (Å²) in [5.41, 5.74) is 1.19. The molecule has 0 spiro atoms. The molecule has 3 N–H and O–H groups in total. The lowest BCUT2D eigenvalue weighted by Crippen LogP contribution is -2.43. The van der Waals surface area contributed by atoms with Crippen molar-refractivity contribution in [2.24, 2.45) is 4.99 Å². The number of aliphatic imine (C=N–C) groups is 1. The number of likely N-dealkylation sites (tertiary alicyclic amines) is 1. The van der Waals surface area contributed by atoms with E-state index in [0.29, 0.717) is 6.54 Å². The fraction of sp³-hybridized carbons (Fsp3) is 0.522. The first-order valence-corrected chi connectivity index (χ1v) is 11.6. The molecule has 1 aliphatic rings. The van der Waals surface area contributed by atoms with Crippen molar-refractivity contribution >= 4 is 41.3 Å². The Morgan fingerprint density at radius 1 is 1.23 bits per heavy atom. The number of hydrogen-bond donors (Lipinski definition) is 3. The number of nitrogens with one attached hydrogen (secondary N) is 2. The van der Waals surface area contributed by atoms with Gasteiger partial charge in [-0.3, -0.25) is 4.90 Å². The largest absolute Gasteiger partial charge is 0.497 e. The van der Waals surface area contributed by atoms with Crippen molar-refractivity contribution in [2.45, 2.75) is 38.3 Å². The minimum atomic E-state index is -0.979. The van der Waals surface area contributed by atoms with E-state index in [1.807, 2.05) is 35.9 Å². The molecule has 0 amide bonds. The minimum absolute atomic E-state index is 0. The average Bonchev–Trinajstić information content (AvgIpc) is 3.47. The maximum Gasteiger partial charge on any atom is 0.191 e. The first kappa shape index (κ1) is 25.9. The zero-order valence-corrected chi connectivity index (χ0v) is 21.8. The topological polar surface area (TPSA) is 69.1 Å². The molecular formula is C23H35IN4O2S. The molecule has 1 aliphatic heterocycles. The van der Waals surface area contributed by atoms with Crippen LogP contribution in [0.4, 0.5) is 0 Å². The van der Waals surface area contributed by atoms with Crippen molar-refractivity contribution in [1.29, 1.82) is 0 Å². The predicted octanol–water partition coefficient (Wildman–Crippen LogP) is 3.97. The maximum absolute atomic E-state index is 10.8. The van der Waals surface area contributed by atoms with E-state index in [1.54, 1.807) is 18.4 Å². The van der Waals surface area contributed by atoms with E-state index in [9.17, 15) is 5.11 Å². The molecule has 2 heterocycles. The summed E-state index contributed by atoms with van der Waals surface area (Å²) in [6.07, 6.45) is 2.48. The smallest absolute Gasteiger partial charge is 0.191 e. The van der Waals surface area contributed by atoms with Gasteiger partial charge < -0.3 is 20.5 Å². The van der Waals surface area contributed by atoms with Gasteiger partial charge in [0.15, 0.2) is 5.96 Å². The van der Waals surface area contributed by atoms with Gasteiger partial charge in [-0.25, -0.2) is 4.99 Å². The number of rotatable bonds is 9. The molecule has 1 fully saturated rings. The van der Waals surface area contributed by atoms with E-state index in [2.05, 4.69) is 39.6 Å². The summed E-state index contributed by atoms with van der Waals surface area (Å²) < 4.78 is 5.32. The van der Waals surface area contributed by atoms with Crippen LogP contribution < -0.4 is 15.4 Å². The Kier molecular flexibility index (Phi) is 10.5. The van der Waals surface area contributed by atoms with Crippen molar-refractivity contribution in [3.8, 4) is 5.75 Å². The minimum Gasteiger partial charge on any atom is -0.497 e. The van der Waals surface area contributed by atoms with E-state index < -0.39 is 5.60 Å². The maximum atomic E-state index is 10.8. The molecule has 2 atom stereocenters. The van der Waals surface area contributed by atoms with Gasteiger partial charge in [0.05, 0.1) is 19.7 Å². The molecule has 1 saturated heterocycles. The molecule has 8 heteroatoms. The molecular weight excluding hydrogens is 523 g/mol. The van der Waals surface area contributed by atoms with Crippen LogP contribution >= 0.6 is 35.3 Å². The van der Waals surface area contributed by atoms with Crippen LogP contribution in [0.25, 0.3) is 0 Å². The number of aliphatic hydroxyl groups is 1. The Bertz CT molecular complexity index is 790. The SMILES string of the molecule is CCNC(=NCC(C)(O)c1ccsc1)NCC(c1ccc(OC)cc1)N1CCCC1.I. The van der Waals surface area contributed by atoms with Crippen molar-refractivity contribution in [1.82, 2.24) is 15.5 Å². The van der Waals surface area contributed by atoms with Crippen molar-refractivity contribution < 1.29 is 9.84 Å². The molecule has 1 aromatic heterocycles. The first-order chi connectivity index (χ1) is 14.5. The molecule has 3 rings (SSSR count). The Balaban J connectivity index is 0.00000341. The Morgan fingerprint density at radius 2 is 1.94 bits per heavy atom. The lowest BCUT2D eigenvalue weighted by Gasteiger charge is -2.29. The fourth-order valence-electron chi connectivity index (χ4n) is 3.77. The normalized spacial score (nSPS) is 17.5. The molecule has 172 valence electrons. The van der Waals surface area contributed by atoms with E-state index in [4.69, 9.17) is 4.74 Å². The Hall–Kier alpha value is -1.36. The summed E-state index contributed by atoms with van der Waals surface area (Å²) in [7, 11) is 1.69. The van der Waals surface area contributed by atoms with Crippen molar-refractivity contribution in [3.63, 3.8) is 0 Å². The van der Waals surface area contributed by atoms with Gasteiger partial charge in [0, 0.05) is 13.1 Å². The van der Waals surface area contributed by atoms with Crippen molar-refractivity contribution in [3.05, 3.63) is 52.2 Å². The van der Waals surface area contributed by atoms with Gasteiger partial charge in [0.25, 0.3) is 0 Å². The number of hydrogen-bond acceptors (Lipinski definition) is 5. The van der Waals surface area contributed by atoms with Crippen LogP contribution in [-0.2, 0) is 5.60 Å². The van der Waals surface area contributed by atoms with E-state index in [-0.39, 0.29) is 30.0 Å². The quantitative estimate of drug-likeness (QED) is 0.247.